The van der Waals surface area contributed by atoms with Gasteiger partial charge in [0, 0.05) is 19.5 Å². The molecule has 0 amide bonds. The van der Waals surface area contributed by atoms with Gasteiger partial charge in [0.2, 0.25) is 0 Å². The predicted molar refractivity (Wildman–Crippen MR) is 49.9 cm³/mol. The number of hydrogen-bond donors (Lipinski definition) is 0. The molecule has 1 aliphatic rings. The van der Waals surface area contributed by atoms with Crippen molar-refractivity contribution in [2.24, 2.45) is 0 Å². The molecule has 1 aliphatic heterocycles. The molecule has 0 bridgehead atoms. The molecule has 0 saturated carbocycles. The van der Waals surface area contributed by atoms with Crippen molar-refractivity contribution in [2.45, 2.75) is 31.7 Å². The fourth-order valence-electron chi connectivity index (χ4n) is 1.41. The third-order valence-corrected chi connectivity index (χ3v) is 3.03. The molecule has 0 spiro atoms. The summed E-state index contributed by atoms with van der Waals surface area (Å²) in [5, 5.41) is 0. The lowest BCUT2D eigenvalue weighted by Crippen LogP contribution is -2.34. The standard InChI is InChI=1S/C8H15FNOP/c1-2-7(11)8(12)10-4-3-6(9)5-10/h6,8H,2-5,12H2,1H3. The van der Waals surface area contributed by atoms with Crippen molar-refractivity contribution in [3.63, 3.8) is 0 Å². The summed E-state index contributed by atoms with van der Waals surface area (Å²) < 4.78 is 12.7. The molecule has 1 heterocycles. The highest BCUT2D eigenvalue weighted by Gasteiger charge is 2.28. The topological polar surface area (TPSA) is 20.3 Å². The molecular formula is C8H15FNOP. The van der Waals surface area contributed by atoms with Gasteiger partial charge in [-0.2, -0.15) is 0 Å². The van der Waals surface area contributed by atoms with Gasteiger partial charge in [-0.15, -0.1) is 9.24 Å². The first-order chi connectivity index (χ1) is 5.65. The number of rotatable bonds is 3. The van der Waals surface area contributed by atoms with Crippen LogP contribution in [0.4, 0.5) is 4.39 Å². The highest BCUT2D eigenvalue weighted by molar-refractivity contribution is 7.19. The minimum Gasteiger partial charge on any atom is -0.298 e. The number of ketones is 1. The van der Waals surface area contributed by atoms with Crippen LogP contribution in [0, 0.1) is 0 Å². The number of Topliss-reactive ketones (excluding diaryl/α,β-unsaturated/α-hetero) is 1. The Kier molecular flexibility index (Phi) is 3.60. The van der Waals surface area contributed by atoms with Gasteiger partial charge >= 0.3 is 0 Å². The van der Waals surface area contributed by atoms with Gasteiger partial charge in [-0.05, 0) is 6.42 Å². The van der Waals surface area contributed by atoms with E-state index in [0.29, 0.717) is 25.9 Å². The number of halogens is 1. The quantitative estimate of drug-likeness (QED) is 0.625. The van der Waals surface area contributed by atoms with Crippen LogP contribution in [0.15, 0.2) is 0 Å². The summed E-state index contributed by atoms with van der Waals surface area (Å²) in [5.74, 6) is 0.00449. The van der Waals surface area contributed by atoms with Crippen LogP contribution in [0.3, 0.4) is 0 Å². The summed E-state index contributed by atoms with van der Waals surface area (Å²) in [6.45, 7) is 2.96. The SMILES string of the molecule is CCC(=O)C(P)N1CCC(F)C1. The summed E-state index contributed by atoms with van der Waals surface area (Å²) in [7, 11) is 2.49. The molecule has 2 nitrogen and oxygen atoms in total. The molecule has 0 N–H and O–H groups in total. The molecule has 1 fully saturated rings. The van der Waals surface area contributed by atoms with Crippen LogP contribution in [0.25, 0.3) is 0 Å². The van der Waals surface area contributed by atoms with Crippen LogP contribution in [0.5, 0.6) is 0 Å². The van der Waals surface area contributed by atoms with E-state index in [9.17, 15) is 9.18 Å². The van der Waals surface area contributed by atoms with E-state index < -0.39 is 6.17 Å². The number of carbonyl (C=O) groups is 1. The van der Waals surface area contributed by atoms with Crippen molar-refractivity contribution in [1.29, 1.82) is 0 Å². The highest BCUT2D eigenvalue weighted by Crippen LogP contribution is 2.19. The molecule has 3 unspecified atom stereocenters. The molecule has 1 rings (SSSR count). The summed E-state index contributed by atoms with van der Waals surface area (Å²) in [6, 6.07) is 0. The zero-order valence-corrected chi connectivity index (χ0v) is 8.45. The largest absolute Gasteiger partial charge is 0.298 e. The maximum absolute atomic E-state index is 12.7. The molecule has 0 aromatic rings. The van der Waals surface area contributed by atoms with E-state index in [2.05, 4.69) is 9.24 Å². The number of nitrogens with zero attached hydrogens (tertiary/aromatic N) is 1. The zero-order valence-electron chi connectivity index (χ0n) is 7.29. The van der Waals surface area contributed by atoms with E-state index in [1.54, 1.807) is 0 Å². The smallest absolute Gasteiger partial charge is 0.153 e. The normalized spacial score (nSPS) is 27.4. The minimum atomic E-state index is -0.738. The third kappa shape index (κ3) is 2.24. The first-order valence-electron chi connectivity index (χ1n) is 4.31. The zero-order chi connectivity index (χ0) is 9.14. The molecule has 70 valence electrons. The Hall–Kier alpha value is -0.0100. The lowest BCUT2D eigenvalue weighted by molar-refractivity contribution is -0.120. The summed E-state index contributed by atoms with van der Waals surface area (Å²) in [6.07, 6.45) is 0.362. The van der Waals surface area contributed by atoms with Gasteiger partial charge in [-0.1, -0.05) is 6.92 Å². The highest BCUT2D eigenvalue weighted by atomic mass is 31.0. The van der Waals surface area contributed by atoms with Crippen LogP contribution in [-0.2, 0) is 4.79 Å². The van der Waals surface area contributed by atoms with Crippen molar-refractivity contribution in [1.82, 2.24) is 4.90 Å². The fraction of sp³-hybridized carbons (Fsp3) is 0.875. The lowest BCUT2D eigenvalue weighted by atomic mass is 10.3. The first-order valence-corrected chi connectivity index (χ1v) is 4.98. The lowest BCUT2D eigenvalue weighted by Gasteiger charge is -2.21. The van der Waals surface area contributed by atoms with Gasteiger partial charge in [0.05, 0.1) is 5.78 Å². The van der Waals surface area contributed by atoms with Crippen LogP contribution < -0.4 is 0 Å². The predicted octanol–water partition coefficient (Wildman–Crippen LogP) is 1.21. The van der Waals surface area contributed by atoms with Gasteiger partial charge in [-0.3, -0.25) is 9.69 Å². The van der Waals surface area contributed by atoms with Crippen molar-refractivity contribution in [3.8, 4) is 0 Å². The minimum absolute atomic E-state index is 0.171. The second-order valence-corrected chi connectivity index (χ2v) is 3.78. The van der Waals surface area contributed by atoms with Gasteiger partial charge in [0.1, 0.15) is 6.17 Å². The summed E-state index contributed by atoms with van der Waals surface area (Å²) >= 11 is 0. The van der Waals surface area contributed by atoms with E-state index in [4.69, 9.17) is 0 Å². The van der Waals surface area contributed by atoms with Gasteiger partial charge in [-0.25, -0.2) is 4.39 Å². The molecule has 4 heteroatoms. The Morgan fingerprint density at radius 2 is 2.50 bits per heavy atom. The molecule has 3 atom stereocenters. The van der Waals surface area contributed by atoms with E-state index >= 15 is 0 Å². The second kappa shape index (κ2) is 4.29. The van der Waals surface area contributed by atoms with E-state index in [0.717, 1.165) is 0 Å². The molecular weight excluding hydrogens is 176 g/mol. The maximum Gasteiger partial charge on any atom is 0.153 e. The summed E-state index contributed by atoms with van der Waals surface area (Å²) in [4.78, 5) is 13.1. The first kappa shape index (κ1) is 10.1. The molecule has 0 radical (unpaired) electrons. The Morgan fingerprint density at radius 1 is 1.83 bits per heavy atom. The van der Waals surface area contributed by atoms with Crippen molar-refractivity contribution in [3.05, 3.63) is 0 Å². The Morgan fingerprint density at radius 3 is 2.92 bits per heavy atom. The van der Waals surface area contributed by atoms with E-state index in [1.807, 2.05) is 11.8 Å². The second-order valence-electron chi connectivity index (χ2n) is 3.15. The van der Waals surface area contributed by atoms with Gasteiger partial charge in [0.25, 0.3) is 0 Å². The summed E-state index contributed by atoms with van der Waals surface area (Å²) in [5.41, 5.74) is 0. The number of hydrogen-bond acceptors (Lipinski definition) is 2. The van der Waals surface area contributed by atoms with Crippen LogP contribution >= 0.6 is 9.24 Å². The number of carbonyl (C=O) groups excluding carboxylic acids is 1. The maximum atomic E-state index is 12.7. The molecule has 1 saturated heterocycles. The molecule has 0 aromatic heterocycles. The van der Waals surface area contributed by atoms with Crippen LogP contribution in [-0.4, -0.2) is 35.7 Å². The molecule has 0 aromatic carbocycles. The van der Waals surface area contributed by atoms with E-state index in [1.165, 1.54) is 0 Å². The van der Waals surface area contributed by atoms with Crippen molar-refractivity contribution < 1.29 is 9.18 Å². The van der Waals surface area contributed by atoms with Gasteiger partial charge < -0.3 is 0 Å². The number of likely N-dealkylation sites (tertiary alicyclic amines) is 1. The van der Waals surface area contributed by atoms with E-state index in [-0.39, 0.29) is 11.6 Å². The average molecular weight is 191 g/mol. The molecule has 0 aliphatic carbocycles. The monoisotopic (exact) mass is 191 g/mol. The Labute approximate surface area is 74.7 Å². The number of alkyl halides is 1. The van der Waals surface area contributed by atoms with Crippen molar-refractivity contribution >= 4 is 15.0 Å². The average Bonchev–Trinajstić information content (AvgIpc) is 2.49. The van der Waals surface area contributed by atoms with Crippen molar-refractivity contribution in [2.75, 3.05) is 13.1 Å². The van der Waals surface area contributed by atoms with Gasteiger partial charge in [0.15, 0.2) is 5.78 Å². The van der Waals surface area contributed by atoms with Crippen LogP contribution in [0.1, 0.15) is 19.8 Å². The fourth-order valence-corrected chi connectivity index (χ4v) is 1.91. The van der Waals surface area contributed by atoms with Crippen LogP contribution in [0.2, 0.25) is 0 Å². The Bertz CT molecular complexity index is 176. The Balaban J connectivity index is 2.42. The third-order valence-electron chi connectivity index (χ3n) is 2.23. The molecule has 12 heavy (non-hydrogen) atoms.